The normalized spacial score (nSPS) is 18.6. The number of aryl methyl sites for hydroxylation is 1. The summed E-state index contributed by atoms with van der Waals surface area (Å²) < 4.78 is 5.72. The number of hydrogen-bond donors (Lipinski definition) is 1. The average Bonchev–Trinajstić information content (AvgIpc) is 2.41. The molecular weight excluding hydrogens is 222 g/mol. The zero-order valence-electron chi connectivity index (χ0n) is 11.6. The summed E-state index contributed by atoms with van der Waals surface area (Å²) in [7, 11) is 0. The molecule has 2 rings (SSSR count). The highest BCUT2D eigenvalue weighted by atomic mass is 16.5. The smallest absolute Gasteiger partial charge is 0.124 e. The summed E-state index contributed by atoms with van der Waals surface area (Å²) in [5, 5.41) is 0. The molecule has 1 saturated carbocycles. The zero-order chi connectivity index (χ0) is 13.0. The maximum Gasteiger partial charge on any atom is 0.124 e. The van der Waals surface area contributed by atoms with Gasteiger partial charge in [0.2, 0.25) is 0 Å². The largest absolute Gasteiger partial charge is 0.494 e. The van der Waals surface area contributed by atoms with Gasteiger partial charge in [-0.2, -0.15) is 0 Å². The van der Waals surface area contributed by atoms with Gasteiger partial charge in [0.05, 0.1) is 6.61 Å². The topological polar surface area (TPSA) is 35.2 Å². The number of hydrogen-bond acceptors (Lipinski definition) is 2. The third-order valence-corrected chi connectivity index (χ3v) is 3.98. The van der Waals surface area contributed by atoms with E-state index in [1.807, 2.05) is 6.92 Å². The first-order chi connectivity index (χ1) is 8.72. The van der Waals surface area contributed by atoms with Gasteiger partial charge in [-0.05, 0) is 38.7 Å². The summed E-state index contributed by atoms with van der Waals surface area (Å²) >= 11 is 0. The van der Waals surface area contributed by atoms with Crippen molar-refractivity contribution in [2.75, 3.05) is 6.61 Å². The van der Waals surface area contributed by atoms with E-state index in [1.165, 1.54) is 43.2 Å². The van der Waals surface area contributed by atoms with Gasteiger partial charge in [0.1, 0.15) is 5.75 Å². The van der Waals surface area contributed by atoms with Gasteiger partial charge < -0.3 is 10.5 Å². The summed E-state index contributed by atoms with van der Waals surface area (Å²) in [6, 6.07) is 6.50. The zero-order valence-corrected chi connectivity index (χ0v) is 11.6. The summed E-state index contributed by atoms with van der Waals surface area (Å²) in [4.78, 5) is 0. The maximum atomic E-state index is 6.49. The molecule has 0 radical (unpaired) electrons. The van der Waals surface area contributed by atoms with E-state index in [2.05, 4.69) is 25.1 Å². The summed E-state index contributed by atoms with van der Waals surface area (Å²) in [5.41, 5.74) is 8.95. The van der Waals surface area contributed by atoms with E-state index >= 15 is 0 Å². The van der Waals surface area contributed by atoms with Crippen LogP contribution < -0.4 is 10.5 Å². The fraction of sp³-hybridized carbons (Fsp3) is 0.625. The maximum absolute atomic E-state index is 6.49. The molecule has 0 aromatic heterocycles. The number of benzene rings is 1. The van der Waals surface area contributed by atoms with E-state index in [9.17, 15) is 0 Å². The Morgan fingerprint density at radius 2 is 2.00 bits per heavy atom. The predicted molar refractivity (Wildman–Crippen MR) is 75.9 cm³/mol. The first-order valence-corrected chi connectivity index (χ1v) is 7.21. The molecule has 0 saturated heterocycles. The van der Waals surface area contributed by atoms with Gasteiger partial charge >= 0.3 is 0 Å². The summed E-state index contributed by atoms with van der Waals surface area (Å²) in [6.45, 7) is 4.84. The Bertz CT molecular complexity index is 383. The van der Waals surface area contributed by atoms with Gasteiger partial charge in [-0.15, -0.1) is 0 Å². The molecule has 2 N–H and O–H groups in total. The van der Waals surface area contributed by atoms with Crippen LogP contribution in [-0.4, -0.2) is 6.61 Å². The highest BCUT2D eigenvalue weighted by Gasteiger charge is 2.24. The first kappa shape index (κ1) is 13.4. The molecule has 2 nitrogen and oxygen atoms in total. The van der Waals surface area contributed by atoms with E-state index in [0.717, 1.165) is 5.75 Å². The standard InChI is InChI=1S/C16H25NO/c1-3-18-15-10-9-12(2)11-14(15)16(17)13-7-5-4-6-8-13/h9-11,13,16H,3-8,17H2,1-2H3. The highest BCUT2D eigenvalue weighted by molar-refractivity contribution is 5.39. The lowest BCUT2D eigenvalue weighted by molar-refractivity contribution is 0.292. The van der Waals surface area contributed by atoms with Crippen molar-refractivity contribution in [1.29, 1.82) is 0 Å². The molecular formula is C16H25NO. The molecule has 1 aromatic rings. The van der Waals surface area contributed by atoms with Crippen molar-refractivity contribution in [2.45, 2.75) is 52.0 Å². The van der Waals surface area contributed by atoms with Crippen LogP contribution in [0, 0.1) is 12.8 Å². The van der Waals surface area contributed by atoms with Crippen LogP contribution in [0.2, 0.25) is 0 Å². The van der Waals surface area contributed by atoms with E-state index in [1.54, 1.807) is 0 Å². The van der Waals surface area contributed by atoms with Crippen molar-refractivity contribution in [3.63, 3.8) is 0 Å². The second-order valence-corrected chi connectivity index (χ2v) is 5.40. The van der Waals surface area contributed by atoms with Crippen LogP contribution in [0.3, 0.4) is 0 Å². The van der Waals surface area contributed by atoms with Crippen molar-refractivity contribution >= 4 is 0 Å². The van der Waals surface area contributed by atoms with Crippen LogP contribution in [-0.2, 0) is 0 Å². The molecule has 2 heteroatoms. The van der Waals surface area contributed by atoms with Crippen LogP contribution >= 0.6 is 0 Å². The average molecular weight is 247 g/mol. The summed E-state index contributed by atoms with van der Waals surface area (Å²) in [6.07, 6.45) is 6.55. The molecule has 1 fully saturated rings. The Morgan fingerprint density at radius 1 is 1.28 bits per heavy atom. The van der Waals surface area contributed by atoms with Crippen molar-refractivity contribution in [2.24, 2.45) is 11.7 Å². The lowest BCUT2D eigenvalue weighted by Gasteiger charge is -2.29. The molecule has 0 bridgehead atoms. The Kier molecular flexibility index (Phi) is 4.65. The molecule has 0 amide bonds. The van der Waals surface area contributed by atoms with Crippen LogP contribution in [0.5, 0.6) is 5.75 Å². The third-order valence-electron chi connectivity index (χ3n) is 3.98. The minimum Gasteiger partial charge on any atom is -0.494 e. The molecule has 0 heterocycles. The molecule has 100 valence electrons. The fourth-order valence-electron chi connectivity index (χ4n) is 2.96. The van der Waals surface area contributed by atoms with E-state index in [0.29, 0.717) is 12.5 Å². The van der Waals surface area contributed by atoms with Gasteiger partial charge in [-0.25, -0.2) is 0 Å². The molecule has 18 heavy (non-hydrogen) atoms. The Morgan fingerprint density at radius 3 is 2.67 bits per heavy atom. The number of nitrogens with two attached hydrogens (primary N) is 1. The molecule has 1 aliphatic rings. The first-order valence-electron chi connectivity index (χ1n) is 7.21. The number of rotatable bonds is 4. The van der Waals surface area contributed by atoms with E-state index < -0.39 is 0 Å². The molecule has 1 unspecified atom stereocenters. The molecule has 1 aromatic carbocycles. The minimum absolute atomic E-state index is 0.131. The molecule has 1 aliphatic carbocycles. The monoisotopic (exact) mass is 247 g/mol. The predicted octanol–water partition coefficient (Wildman–Crippen LogP) is 3.97. The second-order valence-electron chi connectivity index (χ2n) is 5.40. The van der Waals surface area contributed by atoms with E-state index in [4.69, 9.17) is 10.5 Å². The quantitative estimate of drug-likeness (QED) is 0.873. The van der Waals surface area contributed by atoms with Crippen LogP contribution in [0.4, 0.5) is 0 Å². The van der Waals surface area contributed by atoms with Crippen LogP contribution in [0.25, 0.3) is 0 Å². The third kappa shape index (κ3) is 3.05. The van der Waals surface area contributed by atoms with Gasteiger partial charge in [0, 0.05) is 11.6 Å². The van der Waals surface area contributed by atoms with Crippen molar-refractivity contribution < 1.29 is 4.74 Å². The minimum atomic E-state index is 0.131. The van der Waals surface area contributed by atoms with Crippen LogP contribution in [0.15, 0.2) is 18.2 Å². The summed E-state index contributed by atoms with van der Waals surface area (Å²) in [5.74, 6) is 1.60. The molecule has 0 aliphatic heterocycles. The Labute approximate surface area is 111 Å². The lowest BCUT2D eigenvalue weighted by Crippen LogP contribution is -2.24. The SMILES string of the molecule is CCOc1ccc(C)cc1C(N)C1CCCCC1. The van der Waals surface area contributed by atoms with Crippen molar-refractivity contribution in [1.82, 2.24) is 0 Å². The van der Waals surface area contributed by atoms with Gasteiger partial charge in [-0.3, -0.25) is 0 Å². The van der Waals surface area contributed by atoms with Crippen LogP contribution in [0.1, 0.15) is 56.2 Å². The highest BCUT2D eigenvalue weighted by Crippen LogP contribution is 2.36. The van der Waals surface area contributed by atoms with Crippen molar-refractivity contribution in [3.8, 4) is 5.75 Å². The van der Waals surface area contributed by atoms with Gasteiger partial charge in [0.15, 0.2) is 0 Å². The number of ether oxygens (including phenoxy) is 1. The van der Waals surface area contributed by atoms with Crippen molar-refractivity contribution in [3.05, 3.63) is 29.3 Å². The lowest BCUT2D eigenvalue weighted by atomic mass is 9.81. The van der Waals surface area contributed by atoms with Gasteiger partial charge in [0.25, 0.3) is 0 Å². The Hall–Kier alpha value is -1.02. The fourth-order valence-corrected chi connectivity index (χ4v) is 2.96. The van der Waals surface area contributed by atoms with E-state index in [-0.39, 0.29) is 6.04 Å². The van der Waals surface area contributed by atoms with Gasteiger partial charge in [-0.1, -0.05) is 37.0 Å². The molecule has 0 spiro atoms. The Balaban J connectivity index is 2.21. The molecule has 1 atom stereocenters. The second kappa shape index (κ2) is 6.24.